The summed E-state index contributed by atoms with van der Waals surface area (Å²) in [6.07, 6.45) is 0.736. The lowest BCUT2D eigenvalue weighted by molar-refractivity contribution is -0.116. The average molecular weight is 391 g/mol. The molecule has 0 unspecified atom stereocenters. The number of hydrogen-bond donors (Lipinski definition) is 2. The molecule has 1 aromatic carbocycles. The molecule has 0 saturated carbocycles. The number of nitrogens with one attached hydrogen (secondary N) is 1. The number of hydrogen-bond acceptors (Lipinski definition) is 6. The van der Waals surface area contributed by atoms with Crippen molar-refractivity contribution in [2.75, 3.05) is 23.9 Å². The molecule has 0 aliphatic carbocycles. The Hall–Kier alpha value is -2.55. The first-order valence-electron chi connectivity index (χ1n) is 8.75. The summed E-state index contributed by atoms with van der Waals surface area (Å²) < 4.78 is 30.6. The predicted molar refractivity (Wildman–Crippen MR) is 99.0 cm³/mol. The van der Waals surface area contributed by atoms with Gasteiger partial charge >= 0.3 is 0 Å². The second-order valence-electron chi connectivity index (χ2n) is 7.09. The fourth-order valence-corrected chi connectivity index (χ4v) is 5.69. The van der Waals surface area contributed by atoms with Crippen molar-refractivity contribution in [3.63, 3.8) is 0 Å². The number of nitrogens with zero attached hydrogens (tertiary/aromatic N) is 2. The minimum absolute atomic E-state index is 0.0327. The number of carbonyl (C=O) groups is 1. The molecule has 0 radical (unpaired) electrons. The van der Waals surface area contributed by atoms with Crippen molar-refractivity contribution in [2.24, 2.45) is 0 Å². The number of amides is 1. The van der Waals surface area contributed by atoms with Gasteiger partial charge < -0.3 is 15.2 Å². The number of phenols is 1. The smallest absolute Gasteiger partial charge is 0.226 e. The van der Waals surface area contributed by atoms with Crippen LogP contribution >= 0.6 is 0 Å². The molecule has 1 aromatic heterocycles. The highest BCUT2D eigenvalue weighted by atomic mass is 32.2. The maximum Gasteiger partial charge on any atom is 0.226 e. The molecular formula is C18H21N3O5S. The van der Waals surface area contributed by atoms with Crippen LogP contribution in [0.3, 0.4) is 0 Å². The van der Waals surface area contributed by atoms with Crippen molar-refractivity contribution in [1.29, 1.82) is 0 Å². The third kappa shape index (κ3) is 3.05. The molecule has 4 rings (SSSR count). The monoisotopic (exact) mass is 391 g/mol. The van der Waals surface area contributed by atoms with Gasteiger partial charge in [0.1, 0.15) is 5.82 Å². The van der Waals surface area contributed by atoms with Gasteiger partial charge in [-0.05, 0) is 31.0 Å². The van der Waals surface area contributed by atoms with E-state index < -0.39 is 9.84 Å². The summed E-state index contributed by atoms with van der Waals surface area (Å²) in [4.78, 5) is 12.4. The first-order valence-corrected chi connectivity index (χ1v) is 10.6. The normalized spacial score (nSPS) is 23.7. The number of fused-ring (bicyclic) bond motifs is 1. The zero-order valence-corrected chi connectivity index (χ0v) is 15.9. The summed E-state index contributed by atoms with van der Waals surface area (Å²) in [5, 5.41) is 17.3. The van der Waals surface area contributed by atoms with E-state index in [2.05, 4.69) is 10.4 Å². The van der Waals surface area contributed by atoms with E-state index in [1.165, 1.54) is 7.11 Å². The maximum absolute atomic E-state index is 12.4. The van der Waals surface area contributed by atoms with Crippen LogP contribution in [0.15, 0.2) is 18.2 Å². The van der Waals surface area contributed by atoms with Gasteiger partial charge in [0.25, 0.3) is 0 Å². The minimum Gasteiger partial charge on any atom is -0.504 e. The Morgan fingerprint density at radius 2 is 2.15 bits per heavy atom. The lowest BCUT2D eigenvalue weighted by Crippen LogP contribution is -2.26. The number of aromatic nitrogens is 2. The molecule has 1 saturated heterocycles. The summed E-state index contributed by atoms with van der Waals surface area (Å²) in [6.45, 7) is 1.86. The summed E-state index contributed by atoms with van der Waals surface area (Å²) in [5.41, 5.74) is 2.47. The molecule has 2 atom stereocenters. The van der Waals surface area contributed by atoms with E-state index >= 15 is 0 Å². The first-order chi connectivity index (χ1) is 12.8. The molecule has 9 heteroatoms. The minimum atomic E-state index is -3.07. The Kier molecular flexibility index (Phi) is 4.14. The molecule has 0 spiro atoms. The average Bonchev–Trinajstić information content (AvgIpc) is 3.14. The van der Waals surface area contributed by atoms with Crippen molar-refractivity contribution >= 4 is 21.6 Å². The number of methoxy groups -OCH3 is 1. The van der Waals surface area contributed by atoms with Crippen LogP contribution in [0.4, 0.5) is 5.82 Å². The standard InChI is InChI=1S/C18H21N3O5S/c1-10-17-13(11-3-4-14(22)15(7-11)26-2)8-16(23)19-18(17)21(20-10)12-5-6-27(24,25)9-12/h3-4,7,12-13,22H,5-6,8-9H2,1-2H3,(H,19,23)/t12-,13+/m0/s1. The topological polar surface area (TPSA) is 111 Å². The molecule has 1 fully saturated rings. The van der Waals surface area contributed by atoms with Crippen LogP contribution in [0.1, 0.15) is 41.6 Å². The first kappa shape index (κ1) is 17.8. The number of benzene rings is 1. The SMILES string of the molecule is COc1cc([C@H]2CC(=O)Nc3c2c(C)nn3[C@H]2CCS(=O)(=O)C2)ccc1O. The number of anilines is 1. The van der Waals surface area contributed by atoms with Crippen LogP contribution < -0.4 is 10.1 Å². The van der Waals surface area contributed by atoms with Gasteiger partial charge in [-0.25, -0.2) is 13.1 Å². The Morgan fingerprint density at radius 1 is 1.37 bits per heavy atom. The molecule has 3 heterocycles. The maximum atomic E-state index is 12.4. The molecule has 8 nitrogen and oxygen atoms in total. The van der Waals surface area contributed by atoms with Crippen LogP contribution in [0, 0.1) is 6.92 Å². The van der Waals surface area contributed by atoms with Crippen LogP contribution in [0.2, 0.25) is 0 Å². The third-order valence-electron chi connectivity index (χ3n) is 5.29. The summed E-state index contributed by atoms with van der Waals surface area (Å²) in [6, 6.07) is 4.76. The molecule has 2 aromatic rings. The van der Waals surface area contributed by atoms with Gasteiger partial charge in [-0.3, -0.25) is 4.79 Å². The van der Waals surface area contributed by atoms with E-state index in [0.717, 1.165) is 16.8 Å². The van der Waals surface area contributed by atoms with E-state index in [1.807, 2.05) is 6.92 Å². The van der Waals surface area contributed by atoms with Gasteiger partial charge in [-0.1, -0.05) is 6.07 Å². The second-order valence-corrected chi connectivity index (χ2v) is 9.31. The molecule has 0 bridgehead atoms. The number of phenolic OH excluding ortho intramolecular Hbond substituents is 1. The summed E-state index contributed by atoms with van der Waals surface area (Å²) in [5.74, 6) is 0.725. The summed E-state index contributed by atoms with van der Waals surface area (Å²) >= 11 is 0. The van der Waals surface area contributed by atoms with Gasteiger partial charge in [-0.15, -0.1) is 0 Å². The Balaban J connectivity index is 1.80. The lowest BCUT2D eigenvalue weighted by atomic mass is 9.85. The number of aromatic hydroxyl groups is 1. The van der Waals surface area contributed by atoms with E-state index in [4.69, 9.17) is 4.74 Å². The van der Waals surface area contributed by atoms with Gasteiger partial charge in [0, 0.05) is 17.9 Å². The molecule has 27 heavy (non-hydrogen) atoms. The predicted octanol–water partition coefficient (Wildman–Crippen LogP) is 1.74. The zero-order valence-electron chi connectivity index (χ0n) is 15.1. The van der Waals surface area contributed by atoms with Gasteiger partial charge in [0.15, 0.2) is 21.3 Å². The highest BCUT2D eigenvalue weighted by Gasteiger charge is 2.37. The molecular weight excluding hydrogens is 370 g/mol. The van der Waals surface area contributed by atoms with Gasteiger partial charge in [0.05, 0.1) is 30.4 Å². The summed E-state index contributed by atoms with van der Waals surface area (Å²) in [7, 11) is -1.60. The molecule has 2 aliphatic heterocycles. The number of rotatable bonds is 3. The van der Waals surface area contributed by atoms with Crippen LogP contribution in [-0.4, -0.2) is 47.8 Å². The van der Waals surface area contributed by atoms with Crippen molar-refractivity contribution in [2.45, 2.75) is 31.7 Å². The van der Waals surface area contributed by atoms with E-state index in [0.29, 0.717) is 18.0 Å². The lowest BCUT2D eigenvalue weighted by Gasteiger charge is -2.25. The highest BCUT2D eigenvalue weighted by molar-refractivity contribution is 7.91. The molecule has 144 valence electrons. The van der Waals surface area contributed by atoms with E-state index in [-0.39, 0.29) is 41.5 Å². The Morgan fingerprint density at radius 3 is 2.81 bits per heavy atom. The second kappa shape index (κ2) is 6.26. The molecule has 1 amide bonds. The van der Waals surface area contributed by atoms with Crippen molar-refractivity contribution < 1.29 is 23.1 Å². The fraction of sp³-hybridized carbons (Fsp3) is 0.444. The fourth-order valence-electron chi connectivity index (χ4n) is 4.00. The van der Waals surface area contributed by atoms with Crippen molar-refractivity contribution in [1.82, 2.24) is 9.78 Å². The van der Waals surface area contributed by atoms with Crippen molar-refractivity contribution in [3.05, 3.63) is 35.0 Å². The van der Waals surface area contributed by atoms with Crippen LogP contribution in [0.25, 0.3) is 0 Å². The van der Waals surface area contributed by atoms with E-state index in [1.54, 1.807) is 22.9 Å². The van der Waals surface area contributed by atoms with Gasteiger partial charge in [0.2, 0.25) is 5.91 Å². The quantitative estimate of drug-likeness (QED) is 0.825. The largest absolute Gasteiger partial charge is 0.504 e. The van der Waals surface area contributed by atoms with Crippen LogP contribution in [0.5, 0.6) is 11.5 Å². The Bertz CT molecular complexity index is 1030. The van der Waals surface area contributed by atoms with Crippen LogP contribution in [-0.2, 0) is 14.6 Å². The number of aryl methyl sites for hydroxylation is 1. The molecule has 2 N–H and O–H groups in total. The van der Waals surface area contributed by atoms with Gasteiger partial charge in [-0.2, -0.15) is 5.10 Å². The number of carbonyl (C=O) groups excluding carboxylic acids is 1. The highest BCUT2D eigenvalue weighted by Crippen LogP contribution is 2.43. The Labute approximate surface area is 157 Å². The number of sulfone groups is 1. The van der Waals surface area contributed by atoms with Crippen molar-refractivity contribution in [3.8, 4) is 11.5 Å². The van der Waals surface area contributed by atoms with E-state index in [9.17, 15) is 18.3 Å². The molecule has 2 aliphatic rings. The zero-order chi connectivity index (χ0) is 19.3. The number of ether oxygens (including phenoxy) is 1. The third-order valence-corrected chi connectivity index (χ3v) is 7.04.